The first kappa shape index (κ1) is 11.9. The lowest BCUT2D eigenvalue weighted by atomic mass is 9.66. The van der Waals surface area contributed by atoms with Crippen LogP contribution in [0.5, 0.6) is 0 Å². The number of hydrogen-bond donors (Lipinski definition) is 0. The van der Waals surface area contributed by atoms with Crippen molar-refractivity contribution >= 4 is 11.6 Å². The molecule has 0 N–H and O–H groups in total. The SMILES string of the molecule is CC=CC(=O)C1C(C)=CC(=O)CC1(C)C. The number of rotatable bonds is 2. The van der Waals surface area contributed by atoms with Crippen molar-refractivity contribution in [1.29, 1.82) is 0 Å². The third-order valence-electron chi connectivity index (χ3n) is 2.87. The fraction of sp³-hybridized carbons (Fsp3) is 0.538. The van der Waals surface area contributed by atoms with E-state index in [9.17, 15) is 9.59 Å². The Kier molecular flexibility index (Phi) is 3.28. The van der Waals surface area contributed by atoms with Crippen LogP contribution >= 0.6 is 0 Å². The summed E-state index contributed by atoms with van der Waals surface area (Å²) >= 11 is 0. The molecule has 0 radical (unpaired) electrons. The zero-order valence-corrected chi connectivity index (χ0v) is 9.83. The lowest BCUT2D eigenvalue weighted by molar-refractivity contribution is -0.123. The van der Waals surface area contributed by atoms with Gasteiger partial charge in [-0.15, -0.1) is 0 Å². The fourth-order valence-electron chi connectivity index (χ4n) is 2.43. The highest BCUT2D eigenvalue weighted by molar-refractivity contribution is 5.99. The van der Waals surface area contributed by atoms with Crippen LogP contribution < -0.4 is 0 Å². The lowest BCUT2D eigenvalue weighted by Gasteiger charge is -2.35. The lowest BCUT2D eigenvalue weighted by Crippen LogP contribution is -2.36. The van der Waals surface area contributed by atoms with E-state index in [1.807, 2.05) is 27.7 Å². The molecule has 1 unspecified atom stereocenters. The van der Waals surface area contributed by atoms with Gasteiger partial charge in [-0.25, -0.2) is 0 Å². The highest BCUT2D eigenvalue weighted by Crippen LogP contribution is 2.40. The Balaban J connectivity index is 3.09. The van der Waals surface area contributed by atoms with E-state index in [1.54, 1.807) is 18.2 Å². The van der Waals surface area contributed by atoms with E-state index >= 15 is 0 Å². The van der Waals surface area contributed by atoms with E-state index in [2.05, 4.69) is 0 Å². The Morgan fingerprint density at radius 3 is 2.60 bits per heavy atom. The first-order valence-corrected chi connectivity index (χ1v) is 5.26. The molecular formula is C13H18O2. The topological polar surface area (TPSA) is 34.1 Å². The molecule has 2 nitrogen and oxygen atoms in total. The van der Waals surface area contributed by atoms with Gasteiger partial charge in [-0.3, -0.25) is 9.59 Å². The number of ketones is 2. The molecule has 15 heavy (non-hydrogen) atoms. The van der Waals surface area contributed by atoms with Crippen molar-refractivity contribution in [2.45, 2.75) is 34.1 Å². The van der Waals surface area contributed by atoms with Crippen LogP contribution in [0.3, 0.4) is 0 Å². The zero-order chi connectivity index (χ0) is 11.6. The van der Waals surface area contributed by atoms with Gasteiger partial charge in [0.25, 0.3) is 0 Å². The summed E-state index contributed by atoms with van der Waals surface area (Å²) in [5.41, 5.74) is 0.631. The Labute approximate surface area is 91.1 Å². The quantitative estimate of drug-likeness (QED) is 0.651. The van der Waals surface area contributed by atoms with E-state index in [-0.39, 0.29) is 22.9 Å². The molecule has 0 spiro atoms. The van der Waals surface area contributed by atoms with Gasteiger partial charge in [-0.2, -0.15) is 0 Å². The summed E-state index contributed by atoms with van der Waals surface area (Å²) < 4.78 is 0. The van der Waals surface area contributed by atoms with E-state index in [0.29, 0.717) is 6.42 Å². The predicted molar refractivity (Wildman–Crippen MR) is 60.5 cm³/mol. The third kappa shape index (κ3) is 2.44. The average molecular weight is 206 g/mol. The minimum absolute atomic E-state index is 0.101. The Morgan fingerprint density at radius 2 is 2.13 bits per heavy atom. The third-order valence-corrected chi connectivity index (χ3v) is 2.87. The average Bonchev–Trinajstić information content (AvgIpc) is 1.99. The second-order valence-corrected chi connectivity index (χ2v) is 4.86. The van der Waals surface area contributed by atoms with E-state index in [1.165, 1.54) is 0 Å². The first-order valence-electron chi connectivity index (χ1n) is 5.26. The van der Waals surface area contributed by atoms with Gasteiger partial charge in [-0.1, -0.05) is 25.5 Å². The number of hydrogen-bond acceptors (Lipinski definition) is 2. The molecule has 1 aliphatic rings. The summed E-state index contributed by atoms with van der Waals surface area (Å²) in [7, 11) is 0. The van der Waals surface area contributed by atoms with E-state index in [0.717, 1.165) is 5.57 Å². The molecule has 2 heteroatoms. The monoisotopic (exact) mass is 206 g/mol. The van der Waals surface area contributed by atoms with Gasteiger partial charge in [-0.05, 0) is 31.4 Å². The molecule has 0 aliphatic heterocycles. The van der Waals surface area contributed by atoms with Gasteiger partial charge >= 0.3 is 0 Å². The molecule has 0 saturated heterocycles. The molecule has 0 aromatic rings. The summed E-state index contributed by atoms with van der Waals surface area (Å²) in [6.07, 6.45) is 5.41. The van der Waals surface area contributed by atoms with Crippen LogP contribution in [0.4, 0.5) is 0 Å². The molecule has 82 valence electrons. The van der Waals surface area contributed by atoms with Crippen LogP contribution in [-0.2, 0) is 9.59 Å². The molecule has 1 rings (SSSR count). The molecule has 0 bridgehead atoms. The first-order chi connectivity index (χ1) is 6.88. The summed E-state index contributed by atoms with van der Waals surface area (Å²) in [5.74, 6) is 0.0807. The van der Waals surface area contributed by atoms with Crippen molar-refractivity contribution in [3.8, 4) is 0 Å². The van der Waals surface area contributed by atoms with Crippen molar-refractivity contribution in [2.75, 3.05) is 0 Å². The largest absolute Gasteiger partial charge is 0.295 e. The van der Waals surface area contributed by atoms with Gasteiger partial charge in [0.05, 0.1) is 0 Å². The Hall–Kier alpha value is -1.18. The van der Waals surface area contributed by atoms with Crippen molar-refractivity contribution in [1.82, 2.24) is 0 Å². The second kappa shape index (κ2) is 4.13. The molecule has 0 aromatic heterocycles. The van der Waals surface area contributed by atoms with Crippen LogP contribution in [0.15, 0.2) is 23.8 Å². The summed E-state index contributed by atoms with van der Waals surface area (Å²) in [6, 6.07) is 0. The molecular weight excluding hydrogens is 188 g/mol. The van der Waals surface area contributed by atoms with Crippen LogP contribution in [0, 0.1) is 11.3 Å². The van der Waals surface area contributed by atoms with Crippen molar-refractivity contribution in [3.63, 3.8) is 0 Å². The van der Waals surface area contributed by atoms with Gasteiger partial charge in [0.1, 0.15) is 0 Å². The smallest absolute Gasteiger partial charge is 0.163 e. The summed E-state index contributed by atoms with van der Waals surface area (Å²) in [6.45, 7) is 7.66. The standard InChI is InChI=1S/C13H18O2/c1-5-6-11(15)12-9(2)7-10(14)8-13(12,3)4/h5-7,12H,8H2,1-4H3. The molecule has 0 aromatic carbocycles. The minimum atomic E-state index is -0.257. The van der Waals surface area contributed by atoms with E-state index in [4.69, 9.17) is 0 Å². The van der Waals surface area contributed by atoms with Crippen LogP contribution in [0.25, 0.3) is 0 Å². The second-order valence-electron chi connectivity index (χ2n) is 4.86. The van der Waals surface area contributed by atoms with Crippen LogP contribution in [0.1, 0.15) is 34.1 Å². The Morgan fingerprint density at radius 1 is 1.53 bits per heavy atom. The molecule has 1 aliphatic carbocycles. The van der Waals surface area contributed by atoms with Gasteiger partial charge in [0.2, 0.25) is 0 Å². The van der Waals surface area contributed by atoms with Crippen molar-refractivity contribution in [2.24, 2.45) is 11.3 Å². The maximum atomic E-state index is 11.9. The van der Waals surface area contributed by atoms with Crippen LogP contribution in [-0.4, -0.2) is 11.6 Å². The maximum absolute atomic E-state index is 11.9. The van der Waals surface area contributed by atoms with E-state index < -0.39 is 0 Å². The summed E-state index contributed by atoms with van der Waals surface area (Å²) in [4.78, 5) is 23.3. The predicted octanol–water partition coefficient (Wildman–Crippen LogP) is 2.69. The molecule has 0 heterocycles. The molecule has 0 saturated carbocycles. The molecule has 0 amide bonds. The number of allylic oxidation sites excluding steroid dienone is 4. The van der Waals surface area contributed by atoms with Gasteiger partial charge in [0, 0.05) is 12.3 Å². The van der Waals surface area contributed by atoms with Crippen LogP contribution in [0.2, 0.25) is 0 Å². The van der Waals surface area contributed by atoms with Gasteiger partial charge in [0.15, 0.2) is 11.6 Å². The number of carbonyl (C=O) groups is 2. The molecule has 1 atom stereocenters. The number of carbonyl (C=O) groups excluding carboxylic acids is 2. The minimum Gasteiger partial charge on any atom is -0.295 e. The highest BCUT2D eigenvalue weighted by Gasteiger charge is 2.39. The summed E-state index contributed by atoms with van der Waals surface area (Å²) in [5, 5.41) is 0. The van der Waals surface area contributed by atoms with Crippen molar-refractivity contribution < 1.29 is 9.59 Å². The van der Waals surface area contributed by atoms with Crippen molar-refractivity contribution in [3.05, 3.63) is 23.8 Å². The maximum Gasteiger partial charge on any atom is 0.163 e. The van der Waals surface area contributed by atoms with Gasteiger partial charge < -0.3 is 0 Å². The zero-order valence-electron chi connectivity index (χ0n) is 9.83. The Bertz CT molecular complexity index is 346. The fourth-order valence-corrected chi connectivity index (χ4v) is 2.43. The molecule has 0 fully saturated rings. The highest BCUT2D eigenvalue weighted by atomic mass is 16.1. The normalized spacial score (nSPS) is 25.5.